The van der Waals surface area contributed by atoms with Crippen LogP contribution < -0.4 is 0 Å². The smallest absolute Gasteiger partial charge is 0.124 e. The summed E-state index contributed by atoms with van der Waals surface area (Å²) in [5.41, 5.74) is 2.04. The maximum atomic E-state index is 10.4. The highest BCUT2D eigenvalue weighted by molar-refractivity contribution is 6.02. The van der Waals surface area contributed by atoms with Crippen molar-refractivity contribution in [2.24, 2.45) is 4.99 Å². The molecular formula is C24H26N2O2. The fourth-order valence-electron chi connectivity index (χ4n) is 3.99. The van der Waals surface area contributed by atoms with Crippen molar-refractivity contribution >= 4 is 17.0 Å². The van der Waals surface area contributed by atoms with Gasteiger partial charge in [0.25, 0.3) is 0 Å². The van der Waals surface area contributed by atoms with Crippen molar-refractivity contribution in [2.75, 3.05) is 26.3 Å². The van der Waals surface area contributed by atoms with Crippen LogP contribution in [0.5, 0.6) is 5.75 Å². The van der Waals surface area contributed by atoms with Crippen LogP contribution in [0.4, 0.5) is 0 Å². The lowest BCUT2D eigenvalue weighted by Crippen LogP contribution is -2.42. The summed E-state index contributed by atoms with van der Waals surface area (Å²) in [5, 5.41) is 12.5. The molecule has 0 saturated carbocycles. The molecule has 2 atom stereocenters. The molecule has 1 heterocycles. The van der Waals surface area contributed by atoms with Crippen LogP contribution in [-0.4, -0.2) is 48.6 Å². The molecule has 1 aliphatic rings. The van der Waals surface area contributed by atoms with Gasteiger partial charge in [0.1, 0.15) is 5.75 Å². The van der Waals surface area contributed by atoms with Crippen LogP contribution in [0.15, 0.2) is 71.7 Å². The van der Waals surface area contributed by atoms with Gasteiger partial charge in [-0.1, -0.05) is 60.7 Å². The molecule has 1 N–H and O–H groups in total. The molecule has 0 aliphatic carbocycles. The van der Waals surface area contributed by atoms with Crippen LogP contribution in [-0.2, 0) is 4.74 Å². The van der Waals surface area contributed by atoms with E-state index in [0.29, 0.717) is 0 Å². The first-order valence-corrected chi connectivity index (χ1v) is 9.84. The van der Waals surface area contributed by atoms with Gasteiger partial charge in [0.2, 0.25) is 0 Å². The highest BCUT2D eigenvalue weighted by atomic mass is 16.5. The third-order valence-corrected chi connectivity index (χ3v) is 5.42. The summed E-state index contributed by atoms with van der Waals surface area (Å²) in [5.74, 6) is 0.261. The van der Waals surface area contributed by atoms with E-state index < -0.39 is 0 Å². The first-order valence-electron chi connectivity index (χ1n) is 9.84. The molecule has 0 amide bonds. The number of nitrogens with zero attached hydrogens (tertiary/aromatic N) is 2. The highest BCUT2D eigenvalue weighted by Crippen LogP contribution is 2.29. The van der Waals surface area contributed by atoms with Crippen molar-refractivity contribution in [2.45, 2.75) is 19.0 Å². The second kappa shape index (κ2) is 8.55. The maximum Gasteiger partial charge on any atom is 0.124 e. The third kappa shape index (κ3) is 3.93. The molecule has 0 bridgehead atoms. The first kappa shape index (κ1) is 18.7. The molecule has 0 aromatic heterocycles. The minimum atomic E-state index is 0.0406. The van der Waals surface area contributed by atoms with Crippen molar-refractivity contribution in [3.63, 3.8) is 0 Å². The van der Waals surface area contributed by atoms with Gasteiger partial charge in [0, 0.05) is 24.9 Å². The second-order valence-corrected chi connectivity index (χ2v) is 7.24. The zero-order chi connectivity index (χ0) is 19.3. The van der Waals surface area contributed by atoms with Gasteiger partial charge in [-0.05, 0) is 29.3 Å². The number of phenolic OH excluding ortho intramolecular Hbond substituents is 1. The average Bonchev–Trinajstić information content (AvgIpc) is 2.75. The number of rotatable bonds is 5. The lowest BCUT2D eigenvalue weighted by molar-refractivity contribution is 0.0119. The van der Waals surface area contributed by atoms with E-state index in [1.54, 1.807) is 6.07 Å². The van der Waals surface area contributed by atoms with Gasteiger partial charge in [-0.2, -0.15) is 0 Å². The zero-order valence-corrected chi connectivity index (χ0v) is 16.2. The van der Waals surface area contributed by atoms with Gasteiger partial charge in [0.15, 0.2) is 0 Å². The Balaban J connectivity index is 1.66. The molecule has 4 nitrogen and oxygen atoms in total. The summed E-state index contributed by atoms with van der Waals surface area (Å²) < 4.78 is 5.55. The molecule has 0 radical (unpaired) electrons. The number of aromatic hydroxyl groups is 1. The van der Waals surface area contributed by atoms with E-state index in [2.05, 4.69) is 42.2 Å². The lowest BCUT2D eigenvalue weighted by Gasteiger charge is -2.37. The normalized spacial score (nSPS) is 17.8. The van der Waals surface area contributed by atoms with E-state index in [-0.39, 0.29) is 17.8 Å². The lowest BCUT2D eigenvalue weighted by atomic mass is 9.98. The van der Waals surface area contributed by atoms with Gasteiger partial charge < -0.3 is 9.84 Å². The number of morpholine rings is 1. The Morgan fingerprint density at radius 3 is 2.46 bits per heavy atom. The fraction of sp³-hybridized carbons (Fsp3) is 0.292. The Morgan fingerprint density at radius 1 is 0.964 bits per heavy atom. The molecule has 4 heteroatoms. The largest absolute Gasteiger partial charge is 0.507 e. The van der Waals surface area contributed by atoms with Crippen LogP contribution in [0.1, 0.15) is 24.1 Å². The van der Waals surface area contributed by atoms with E-state index in [1.807, 2.05) is 36.5 Å². The molecular weight excluding hydrogens is 348 g/mol. The van der Waals surface area contributed by atoms with Crippen molar-refractivity contribution in [1.82, 2.24) is 4.90 Å². The predicted octanol–water partition coefficient (Wildman–Crippen LogP) is 4.43. The summed E-state index contributed by atoms with van der Waals surface area (Å²) in [6.45, 7) is 5.46. The number of aliphatic imine (C=N–C) groups is 1. The molecule has 0 unspecified atom stereocenters. The van der Waals surface area contributed by atoms with E-state index >= 15 is 0 Å². The van der Waals surface area contributed by atoms with E-state index in [4.69, 9.17) is 9.73 Å². The molecule has 28 heavy (non-hydrogen) atoms. The van der Waals surface area contributed by atoms with Gasteiger partial charge in [0.05, 0.1) is 25.3 Å². The van der Waals surface area contributed by atoms with Crippen molar-refractivity contribution in [1.29, 1.82) is 0 Å². The zero-order valence-electron chi connectivity index (χ0n) is 16.2. The average molecular weight is 374 g/mol. The fourth-order valence-corrected chi connectivity index (χ4v) is 3.99. The molecule has 0 spiro atoms. The van der Waals surface area contributed by atoms with Crippen molar-refractivity contribution in [3.8, 4) is 5.75 Å². The topological polar surface area (TPSA) is 45.1 Å². The molecule has 1 fully saturated rings. The van der Waals surface area contributed by atoms with Crippen LogP contribution in [0, 0.1) is 0 Å². The monoisotopic (exact) mass is 374 g/mol. The first-order chi connectivity index (χ1) is 13.7. The molecule has 144 valence electrons. The Bertz CT molecular complexity index is 949. The number of phenols is 1. The number of ether oxygens (including phenoxy) is 1. The van der Waals surface area contributed by atoms with Gasteiger partial charge in [-0.15, -0.1) is 0 Å². The van der Waals surface area contributed by atoms with Gasteiger partial charge in [-0.25, -0.2) is 0 Å². The summed E-state index contributed by atoms with van der Waals surface area (Å²) >= 11 is 0. The SMILES string of the molecule is C[C@@H](N=Cc1c(O)ccc2ccccc12)[C@@H](c1ccccc1)N1CCOCC1. The minimum absolute atomic E-state index is 0.0406. The predicted molar refractivity (Wildman–Crippen MR) is 114 cm³/mol. The molecule has 4 rings (SSSR count). The number of hydrogen-bond donors (Lipinski definition) is 1. The Morgan fingerprint density at radius 2 is 1.68 bits per heavy atom. The van der Waals surface area contributed by atoms with Crippen molar-refractivity contribution < 1.29 is 9.84 Å². The minimum Gasteiger partial charge on any atom is -0.507 e. The molecule has 3 aromatic rings. The maximum absolute atomic E-state index is 10.4. The summed E-state index contributed by atoms with van der Waals surface area (Å²) in [7, 11) is 0. The third-order valence-electron chi connectivity index (χ3n) is 5.42. The summed E-state index contributed by atoms with van der Waals surface area (Å²) in [6, 6.07) is 22.5. The molecule has 3 aromatic carbocycles. The summed E-state index contributed by atoms with van der Waals surface area (Å²) in [6.07, 6.45) is 1.83. The molecule has 1 saturated heterocycles. The Labute approximate surface area is 166 Å². The van der Waals surface area contributed by atoms with Crippen LogP contribution >= 0.6 is 0 Å². The van der Waals surface area contributed by atoms with Gasteiger partial charge in [-0.3, -0.25) is 9.89 Å². The Hall–Kier alpha value is -2.69. The number of benzene rings is 3. The van der Waals surface area contributed by atoms with Crippen LogP contribution in [0.3, 0.4) is 0 Å². The number of fused-ring (bicyclic) bond motifs is 1. The van der Waals surface area contributed by atoms with Crippen LogP contribution in [0.2, 0.25) is 0 Å². The van der Waals surface area contributed by atoms with E-state index in [0.717, 1.165) is 42.6 Å². The number of hydrogen-bond acceptors (Lipinski definition) is 4. The quantitative estimate of drug-likeness (QED) is 0.672. The Kier molecular flexibility index (Phi) is 5.70. The summed E-state index contributed by atoms with van der Waals surface area (Å²) in [4.78, 5) is 7.34. The highest BCUT2D eigenvalue weighted by Gasteiger charge is 2.27. The molecule has 1 aliphatic heterocycles. The standard InChI is InChI=1S/C24H26N2O2/c1-18(24(20-8-3-2-4-9-20)26-13-15-28-16-14-26)25-17-22-21-10-6-5-7-19(21)11-12-23(22)27/h2-12,17-18,24,27H,13-16H2,1H3/t18-,24+/m1/s1. The van der Waals surface area contributed by atoms with Gasteiger partial charge >= 0.3 is 0 Å². The van der Waals surface area contributed by atoms with E-state index in [9.17, 15) is 5.11 Å². The van der Waals surface area contributed by atoms with Crippen LogP contribution in [0.25, 0.3) is 10.8 Å². The van der Waals surface area contributed by atoms with Crippen molar-refractivity contribution in [3.05, 3.63) is 77.9 Å². The second-order valence-electron chi connectivity index (χ2n) is 7.24. The van der Waals surface area contributed by atoms with E-state index in [1.165, 1.54) is 5.56 Å².